The van der Waals surface area contributed by atoms with Crippen molar-refractivity contribution in [1.29, 1.82) is 0 Å². The van der Waals surface area contributed by atoms with Gasteiger partial charge < -0.3 is 10.6 Å². The van der Waals surface area contributed by atoms with E-state index in [1.165, 1.54) is 11.1 Å². The minimum absolute atomic E-state index is 0.286. The number of rotatable bonds is 3. The van der Waals surface area contributed by atoms with Crippen LogP contribution in [0.3, 0.4) is 0 Å². The second kappa shape index (κ2) is 7.27. The molecule has 4 amide bonds. The predicted molar refractivity (Wildman–Crippen MR) is 113 cm³/mol. The van der Waals surface area contributed by atoms with Gasteiger partial charge in [0.1, 0.15) is 12.1 Å². The second-order valence-corrected chi connectivity index (χ2v) is 8.48. The molecular weight excluding hydrogens is 378 g/mol. The van der Waals surface area contributed by atoms with Crippen LogP contribution in [0.5, 0.6) is 0 Å². The van der Waals surface area contributed by atoms with Gasteiger partial charge in [0.15, 0.2) is 0 Å². The quantitative estimate of drug-likeness (QED) is 0.772. The molecule has 1 spiro atoms. The van der Waals surface area contributed by atoms with Gasteiger partial charge in [-0.05, 0) is 79.3 Å². The van der Waals surface area contributed by atoms with E-state index in [-0.39, 0.29) is 18.4 Å². The third-order valence-electron chi connectivity index (χ3n) is 6.58. The summed E-state index contributed by atoms with van der Waals surface area (Å²) < 4.78 is 0. The Balaban J connectivity index is 1.35. The van der Waals surface area contributed by atoms with Gasteiger partial charge in [-0.25, -0.2) is 4.79 Å². The highest BCUT2D eigenvalue weighted by Crippen LogP contribution is 2.39. The van der Waals surface area contributed by atoms with E-state index in [1.54, 1.807) is 0 Å². The smallest absolute Gasteiger partial charge is 0.325 e. The molecule has 3 aliphatic rings. The number of carbonyl (C=O) groups is 3. The largest absolute Gasteiger partial charge is 0.325 e. The van der Waals surface area contributed by atoms with Crippen molar-refractivity contribution in [2.24, 2.45) is 0 Å². The van der Waals surface area contributed by atoms with Crippen LogP contribution in [0.25, 0.3) is 0 Å². The van der Waals surface area contributed by atoms with E-state index < -0.39 is 11.6 Å². The van der Waals surface area contributed by atoms with Crippen molar-refractivity contribution in [3.63, 3.8) is 0 Å². The van der Waals surface area contributed by atoms with Gasteiger partial charge >= 0.3 is 6.03 Å². The average molecular weight is 403 g/mol. The van der Waals surface area contributed by atoms with Crippen molar-refractivity contribution in [2.45, 2.75) is 50.5 Å². The van der Waals surface area contributed by atoms with Crippen LogP contribution in [0.15, 0.2) is 42.5 Å². The molecule has 2 aromatic carbocycles. The number of benzene rings is 2. The van der Waals surface area contributed by atoms with E-state index in [0.717, 1.165) is 54.6 Å². The van der Waals surface area contributed by atoms with Crippen molar-refractivity contribution in [3.05, 3.63) is 64.7 Å². The fraction of sp³-hybridized carbons (Fsp3) is 0.375. The molecule has 2 N–H and O–H groups in total. The SMILES string of the molecule is O=C(CN1C(=O)NC2(CCCCc3ccccc32)C1=O)Nc1ccc2c(c1)CCC2. The molecule has 1 fully saturated rings. The van der Waals surface area contributed by atoms with Gasteiger partial charge in [0.05, 0.1) is 0 Å². The first-order valence-electron chi connectivity index (χ1n) is 10.7. The lowest BCUT2D eigenvalue weighted by atomic mass is 9.84. The van der Waals surface area contributed by atoms with Crippen molar-refractivity contribution < 1.29 is 14.4 Å². The van der Waals surface area contributed by atoms with Gasteiger partial charge in [0.25, 0.3) is 5.91 Å². The first-order chi connectivity index (χ1) is 14.6. The number of hydrogen-bond donors (Lipinski definition) is 2. The Labute approximate surface area is 175 Å². The van der Waals surface area contributed by atoms with Crippen molar-refractivity contribution in [2.75, 3.05) is 11.9 Å². The second-order valence-electron chi connectivity index (χ2n) is 8.48. The van der Waals surface area contributed by atoms with Gasteiger partial charge in [0.2, 0.25) is 5.91 Å². The Morgan fingerprint density at radius 2 is 1.77 bits per heavy atom. The minimum atomic E-state index is -1.06. The van der Waals surface area contributed by atoms with E-state index >= 15 is 0 Å². The molecule has 1 atom stereocenters. The van der Waals surface area contributed by atoms with Crippen molar-refractivity contribution in [1.82, 2.24) is 10.2 Å². The Hall–Kier alpha value is -3.15. The lowest BCUT2D eigenvalue weighted by molar-refractivity contribution is -0.134. The maximum Gasteiger partial charge on any atom is 0.325 e. The van der Waals surface area contributed by atoms with Crippen molar-refractivity contribution >= 4 is 23.5 Å². The highest BCUT2D eigenvalue weighted by molar-refractivity contribution is 6.10. The van der Waals surface area contributed by atoms with E-state index in [2.05, 4.69) is 10.6 Å². The molecule has 0 aromatic heterocycles. The van der Waals surface area contributed by atoms with Crippen LogP contribution in [0.4, 0.5) is 10.5 Å². The highest BCUT2D eigenvalue weighted by Gasteiger charge is 2.53. The molecule has 1 heterocycles. The third-order valence-corrected chi connectivity index (χ3v) is 6.58. The Bertz CT molecular complexity index is 1050. The number of hydrogen-bond acceptors (Lipinski definition) is 3. The molecule has 2 aromatic rings. The van der Waals surface area contributed by atoms with E-state index in [1.807, 2.05) is 42.5 Å². The standard InChI is InChI=1S/C24H25N3O3/c28-21(25-19-12-11-16-8-5-9-18(16)14-19)15-27-22(29)24(26-23(27)30)13-4-3-7-17-6-1-2-10-20(17)24/h1-2,6,10-12,14H,3-5,7-9,13,15H2,(H,25,28)(H,26,30). The van der Waals surface area contributed by atoms with E-state index in [0.29, 0.717) is 12.1 Å². The van der Waals surface area contributed by atoms with Crippen LogP contribution in [0.1, 0.15) is 47.9 Å². The summed E-state index contributed by atoms with van der Waals surface area (Å²) in [7, 11) is 0. The predicted octanol–water partition coefficient (Wildman–Crippen LogP) is 3.29. The number of fused-ring (bicyclic) bond motifs is 3. The number of aryl methyl sites for hydroxylation is 3. The molecule has 6 heteroatoms. The zero-order valence-corrected chi connectivity index (χ0v) is 16.9. The fourth-order valence-electron chi connectivity index (χ4n) is 5.11. The summed E-state index contributed by atoms with van der Waals surface area (Å²) >= 11 is 0. The van der Waals surface area contributed by atoms with Crippen LogP contribution >= 0.6 is 0 Å². The summed E-state index contributed by atoms with van der Waals surface area (Å²) in [4.78, 5) is 39.9. The normalized spacial score (nSPS) is 22.5. The molecule has 5 rings (SSSR count). The fourth-order valence-corrected chi connectivity index (χ4v) is 5.11. The average Bonchev–Trinajstić information content (AvgIpc) is 3.23. The maximum atomic E-state index is 13.4. The molecule has 6 nitrogen and oxygen atoms in total. The molecular formula is C24H25N3O3. The van der Waals surface area contributed by atoms with Gasteiger partial charge in [-0.15, -0.1) is 0 Å². The molecule has 1 saturated heterocycles. The Kier molecular flexibility index (Phi) is 4.57. The molecule has 0 saturated carbocycles. The first-order valence-corrected chi connectivity index (χ1v) is 10.7. The minimum Gasteiger partial charge on any atom is -0.325 e. The van der Waals surface area contributed by atoms with Crippen LogP contribution in [0.2, 0.25) is 0 Å². The molecule has 154 valence electrons. The summed E-state index contributed by atoms with van der Waals surface area (Å²) in [5.41, 5.74) is 4.20. The Morgan fingerprint density at radius 3 is 2.67 bits per heavy atom. The van der Waals surface area contributed by atoms with Gasteiger partial charge in [0, 0.05) is 5.69 Å². The number of nitrogens with one attached hydrogen (secondary N) is 2. The zero-order valence-electron chi connectivity index (χ0n) is 16.9. The summed E-state index contributed by atoms with van der Waals surface area (Å²) in [6, 6.07) is 13.2. The van der Waals surface area contributed by atoms with Gasteiger partial charge in [-0.3, -0.25) is 14.5 Å². The summed E-state index contributed by atoms with van der Waals surface area (Å²) in [5.74, 6) is -0.693. The van der Waals surface area contributed by atoms with Gasteiger partial charge in [-0.1, -0.05) is 30.3 Å². The first kappa shape index (κ1) is 18.9. The topological polar surface area (TPSA) is 78.5 Å². The molecule has 30 heavy (non-hydrogen) atoms. The third kappa shape index (κ3) is 3.07. The summed E-state index contributed by atoms with van der Waals surface area (Å²) in [6.45, 7) is -0.286. The monoisotopic (exact) mass is 403 g/mol. The van der Waals surface area contributed by atoms with Crippen LogP contribution in [-0.2, 0) is 34.4 Å². The number of anilines is 1. The summed E-state index contributed by atoms with van der Waals surface area (Å²) in [6.07, 6.45) is 6.50. The van der Waals surface area contributed by atoms with Crippen LogP contribution in [0, 0.1) is 0 Å². The molecule has 2 aliphatic carbocycles. The lowest BCUT2D eigenvalue weighted by Crippen LogP contribution is -2.44. The lowest BCUT2D eigenvalue weighted by Gasteiger charge is -2.27. The van der Waals surface area contributed by atoms with Gasteiger partial charge in [-0.2, -0.15) is 0 Å². The van der Waals surface area contributed by atoms with Crippen LogP contribution in [-0.4, -0.2) is 29.3 Å². The summed E-state index contributed by atoms with van der Waals surface area (Å²) in [5, 5.41) is 5.78. The number of nitrogens with zero attached hydrogens (tertiary/aromatic N) is 1. The molecule has 0 radical (unpaired) electrons. The highest BCUT2D eigenvalue weighted by atomic mass is 16.2. The number of amides is 4. The Morgan fingerprint density at radius 1 is 0.967 bits per heavy atom. The van der Waals surface area contributed by atoms with E-state index in [4.69, 9.17) is 0 Å². The molecule has 0 bridgehead atoms. The number of urea groups is 1. The van der Waals surface area contributed by atoms with Crippen molar-refractivity contribution in [3.8, 4) is 0 Å². The number of imide groups is 1. The molecule has 1 unspecified atom stereocenters. The maximum absolute atomic E-state index is 13.4. The molecule has 1 aliphatic heterocycles. The van der Waals surface area contributed by atoms with E-state index in [9.17, 15) is 14.4 Å². The van der Waals surface area contributed by atoms with Crippen LogP contribution < -0.4 is 10.6 Å². The number of carbonyl (C=O) groups excluding carboxylic acids is 3. The zero-order chi connectivity index (χ0) is 20.7.